The number of aliphatic hydroxyl groups is 1. The Balaban J connectivity index is 2.29. The summed E-state index contributed by atoms with van der Waals surface area (Å²) in [6.07, 6.45) is 0.378. The SMILES string of the molecule is Cc1ccc(C(=O)NCCCO)c([N+](=O)[O-])c1OCc1ccccc1. The smallest absolute Gasteiger partial charge is 0.323 e. The van der Waals surface area contributed by atoms with E-state index in [0.29, 0.717) is 12.0 Å². The van der Waals surface area contributed by atoms with Crippen molar-refractivity contribution >= 4 is 11.6 Å². The van der Waals surface area contributed by atoms with Gasteiger partial charge in [-0.15, -0.1) is 0 Å². The van der Waals surface area contributed by atoms with Crippen LogP contribution in [0.5, 0.6) is 5.75 Å². The molecule has 0 fully saturated rings. The standard InChI is InChI=1S/C18H20N2O5/c1-13-8-9-15(18(22)19-10-5-11-21)16(20(23)24)17(13)25-12-14-6-3-2-4-7-14/h2-4,6-9,21H,5,10-12H2,1H3,(H,19,22). The van der Waals surface area contributed by atoms with Gasteiger partial charge in [0, 0.05) is 13.2 Å². The molecule has 0 heterocycles. The number of rotatable bonds is 8. The average Bonchev–Trinajstić information content (AvgIpc) is 2.61. The van der Waals surface area contributed by atoms with E-state index in [0.717, 1.165) is 5.56 Å². The lowest BCUT2D eigenvalue weighted by Gasteiger charge is -2.12. The lowest BCUT2D eigenvalue weighted by Crippen LogP contribution is -2.26. The monoisotopic (exact) mass is 344 g/mol. The van der Waals surface area contributed by atoms with Gasteiger partial charge in [-0.1, -0.05) is 36.4 Å². The molecule has 0 saturated carbocycles. The van der Waals surface area contributed by atoms with Gasteiger partial charge >= 0.3 is 5.69 Å². The first kappa shape index (κ1) is 18.4. The lowest BCUT2D eigenvalue weighted by molar-refractivity contribution is -0.386. The topological polar surface area (TPSA) is 102 Å². The Kier molecular flexibility index (Phi) is 6.47. The zero-order chi connectivity index (χ0) is 18.2. The molecule has 0 aliphatic heterocycles. The van der Waals surface area contributed by atoms with Crippen molar-refractivity contribution in [3.05, 3.63) is 69.3 Å². The summed E-state index contributed by atoms with van der Waals surface area (Å²) in [5, 5.41) is 22.9. The zero-order valence-corrected chi connectivity index (χ0v) is 13.9. The highest BCUT2D eigenvalue weighted by Crippen LogP contribution is 2.35. The van der Waals surface area contributed by atoms with E-state index in [4.69, 9.17) is 9.84 Å². The molecule has 0 radical (unpaired) electrons. The van der Waals surface area contributed by atoms with Gasteiger partial charge < -0.3 is 15.2 Å². The van der Waals surface area contributed by atoms with Crippen molar-refractivity contribution in [1.82, 2.24) is 5.32 Å². The maximum Gasteiger partial charge on any atom is 0.323 e. The van der Waals surface area contributed by atoms with E-state index in [-0.39, 0.29) is 36.8 Å². The van der Waals surface area contributed by atoms with Crippen LogP contribution in [0.25, 0.3) is 0 Å². The van der Waals surface area contributed by atoms with Crippen LogP contribution in [-0.4, -0.2) is 29.1 Å². The molecule has 7 heteroatoms. The number of carbonyl (C=O) groups is 1. The Morgan fingerprint density at radius 1 is 1.24 bits per heavy atom. The molecule has 2 aromatic rings. The lowest BCUT2D eigenvalue weighted by atomic mass is 10.1. The summed E-state index contributed by atoms with van der Waals surface area (Å²) in [6.45, 7) is 2.03. The number of aryl methyl sites for hydroxylation is 1. The Morgan fingerprint density at radius 2 is 1.96 bits per heavy atom. The fraction of sp³-hybridized carbons (Fsp3) is 0.278. The summed E-state index contributed by atoms with van der Waals surface area (Å²) >= 11 is 0. The van der Waals surface area contributed by atoms with Crippen LogP contribution in [0.3, 0.4) is 0 Å². The number of nitrogens with zero attached hydrogens (tertiary/aromatic N) is 1. The summed E-state index contributed by atoms with van der Waals surface area (Å²) in [4.78, 5) is 23.2. The Hall–Kier alpha value is -2.93. The van der Waals surface area contributed by atoms with Crippen molar-refractivity contribution < 1.29 is 19.6 Å². The Morgan fingerprint density at radius 3 is 2.60 bits per heavy atom. The van der Waals surface area contributed by atoms with Crippen LogP contribution >= 0.6 is 0 Å². The average molecular weight is 344 g/mol. The third-order valence-corrected chi connectivity index (χ3v) is 3.60. The second-order valence-electron chi connectivity index (χ2n) is 5.47. The van der Waals surface area contributed by atoms with Gasteiger partial charge in [0.15, 0.2) is 0 Å². The number of benzene rings is 2. The second-order valence-corrected chi connectivity index (χ2v) is 5.47. The number of nitro groups is 1. The quantitative estimate of drug-likeness (QED) is 0.435. The third-order valence-electron chi connectivity index (χ3n) is 3.60. The Labute approximate surface area is 145 Å². The maximum absolute atomic E-state index is 12.2. The minimum absolute atomic E-state index is 0.0587. The van der Waals surface area contributed by atoms with Crippen molar-refractivity contribution in [1.29, 1.82) is 0 Å². The number of nitro benzene ring substituents is 1. The first-order valence-electron chi connectivity index (χ1n) is 7.88. The van der Waals surface area contributed by atoms with E-state index in [2.05, 4.69) is 5.32 Å². The molecule has 0 unspecified atom stereocenters. The molecular weight excluding hydrogens is 324 g/mol. The van der Waals surface area contributed by atoms with E-state index >= 15 is 0 Å². The minimum atomic E-state index is -0.603. The molecule has 2 aromatic carbocycles. The van der Waals surface area contributed by atoms with Gasteiger partial charge in [0.1, 0.15) is 12.2 Å². The normalized spacial score (nSPS) is 10.3. The van der Waals surface area contributed by atoms with Crippen LogP contribution in [0.1, 0.15) is 27.9 Å². The second kappa shape index (κ2) is 8.79. The number of hydrogen-bond donors (Lipinski definition) is 2. The third kappa shape index (κ3) is 4.77. The molecular formula is C18H20N2O5. The molecule has 0 bridgehead atoms. The van der Waals surface area contributed by atoms with Crippen molar-refractivity contribution in [2.75, 3.05) is 13.2 Å². The van der Waals surface area contributed by atoms with E-state index in [1.807, 2.05) is 30.3 Å². The summed E-state index contributed by atoms with van der Waals surface area (Å²) in [5.41, 5.74) is 1.04. The van der Waals surface area contributed by atoms with Crippen molar-refractivity contribution in [3.8, 4) is 5.75 Å². The van der Waals surface area contributed by atoms with Gasteiger partial charge in [-0.05, 0) is 30.5 Å². The van der Waals surface area contributed by atoms with Gasteiger partial charge in [-0.25, -0.2) is 0 Å². The molecule has 2 N–H and O–H groups in total. The van der Waals surface area contributed by atoms with Crippen LogP contribution < -0.4 is 10.1 Å². The molecule has 2 rings (SSSR count). The molecule has 1 amide bonds. The van der Waals surface area contributed by atoms with Crippen molar-refractivity contribution in [2.24, 2.45) is 0 Å². The van der Waals surface area contributed by atoms with Crippen molar-refractivity contribution in [2.45, 2.75) is 20.0 Å². The summed E-state index contributed by atoms with van der Waals surface area (Å²) < 4.78 is 5.67. The van der Waals surface area contributed by atoms with E-state index in [1.165, 1.54) is 6.07 Å². The van der Waals surface area contributed by atoms with Crippen LogP contribution in [0.4, 0.5) is 5.69 Å². The highest BCUT2D eigenvalue weighted by atomic mass is 16.6. The number of amides is 1. The summed E-state index contributed by atoms with van der Waals surface area (Å²) in [6, 6.07) is 12.3. The van der Waals surface area contributed by atoms with Crippen LogP contribution in [0.2, 0.25) is 0 Å². The van der Waals surface area contributed by atoms with Crippen LogP contribution in [-0.2, 0) is 6.61 Å². The summed E-state index contributed by atoms with van der Waals surface area (Å²) in [7, 11) is 0. The number of ether oxygens (including phenoxy) is 1. The molecule has 0 aliphatic rings. The fourth-order valence-corrected chi connectivity index (χ4v) is 2.32. The zero-order valence-electron chi connectivity index (χ0n) is 13.9. The van der Waals surface area contributed by atoms with Gasteiger partial charge in [0.25, 0.3) is 5.91 Å². The molecule has 0 spiro atoms. The van der Waals surface area contributed by atoms with E-state index in [1.54, 1.807) is 13.0 Å². The van der Waals surface area contributed by atoms with Crippen molar-refractivity contribution in [3.63, 3.8) is 0 Å². The predicted molar refractivity (Wildman–Crippen MR) is 92.6 cm³/mol. The van der Waals surface area contributed by atoms with Gasteiger partial charge in [0.2, 0.25) is 5.75 Å². The summed E-state index contributed by atoms with van der Waals surface area (Å²) in [5.74, 6) is -0.478. The molecule has 0 saturated heterocycles. The number of nitrogens with one attached hydrogen (secondary N) is 1. The highest BCUT2D eigenvalue weighted by Gasteiger charge is 2.27. The first-order chi connectivity index (χ1) is 12.0. The minimum Gasteiger partial charge on any atom is -0.482 e. The molecule has 0 aliphatic carbocycles. The molecule has 0 atom stereocenters. The molecule has 0 aromatic heterocycles. The van der Waals surface area contributed by atoms with Gasteiger partial charge in [0.05, 0.1) is 4.92 Å². The largest absolute Gasteiger partial charge is 0.482 e. The number of aliphatic hydroxyl groups excluding tert-OH is 1. The van der Waals surface area contributed by atoms with E-state index in [9.17, 15) is 14.9 Å². The molecule has 7 nitrogen and oxygen atoms in total. The van der Waals surface area contributed by atoms with Gasteiger partial charge in [-0.3, -0.25) is 14.9 Å². The van der Waals surface area contributed by atoms with E-state index < -0.39 is 10.8 Å². The predicted octanol–water partition coefficient (Wildman–Crippen LogP) is 2.59. The fourth-order valence-electron chi connectivity index (χ4n) is 2.32. The van der Waals surface area contributed by atoms with Gasteiger partial charge in [-0.2, -0.15) is 0 Å². The Bertz CT molecular complexity index is 747. The molecule has 132 valence electrons. The first-order valence-corrected chi connectivity index (χ1v) is 7.88. The highest BCUT2D eigenvalue weighted by molar-refractivity contribution is 5.99. The number of carbonyl (C=O) groups excluding carboxylic acids is 1. The number of hydrogen-bond acceptors (Lipinski definition) is 5. The van der Waals surface area contributed by atoms with Crippen LogP contribution in [0.15, 0.2) is 42.5 Å². The molecule has 25 heavy (non-hydrogen) atoms. The van der Waals surface area contributed by atoms with Crippen LogP contribution in [0, 0.1) is 17.0 Å². The maximum atomic E-state index is 12.2.